The Hall–Kier alpha value is -2.61. The van der Waals surface area contributed by atoms with Gasteiger partial charge in [-0.2, -0.15) is 0 Å². The lowest BCUT2D eigenvalue weighted by atomic mass is 9.91. The van der Waals surface area contributed by atoms with Gasteiger partial charge in [-0.1, -0.05) is 36.0 Å². The van der Waals surface area contributed by atoms with E-state index in [-0.39, 0.29) is 17.5 Å². The summed E-state index contributed by atoms with van der Waals surface area (Å²) in [5, 5.41) is 17.3. The van der Waals surface area contributed by atoms with Crippen LogP contribution in [-0.2, 0) is 6.54 Å². The summed E-state index contributed by atoms with van der Waals surface area (Å²) in [6, 6.07) is 12.0. The van der Waals surface area contributed by atoms with E-state index in [0.717, 1.165) is 64.1 Å². The smallest absolute Gasteiger partial charge is 0.261 e. The molecule has 3 N–H and O–H groups in total. The Labute approximate surface area is 205 Å². The molecule has 0 amide bonds. The summed E-state index contributed by atoms with van der Waals surface area (Å²) >= 11 is 1.77. The molecule has 34 heavy (non-hydrogen) atoms. The number of aromatic nitrogens is 2. The maximum absolute atomic E-state index is 13.3. The Bertz CT molecular complexity index is 1220. The lowest BCUT2D eigenvalue weighted by Gasteiger charge is -2.26. The summed E-state index contributed by atoms with van der Waals surface area (Å²) in [6.45, 7) is 2.51. The highest BCUT2D eigenvalue weighted by Gasteiger charge is 2.23. The zero-order valence-corrected chi connectivity index (χ0v) is 21.2. The summed E-state index contributed by atoms with van der Waals surface area (Å²) in [6.07, 6.45) is 8.86. The van der Waals surface area contributed by atoms with Crippen LogP contribution in [0.2, 0.25) is 0 Å². The molecule has 1 aliphatic carbocycles. The largest absolute Gasteiger partial charge is 0.494 e. The number of thioether (sulfide) groups is 1. The van der Waals surface area contributed by atoms with Gasteiger partial charge in [0.25, 0.3) is 5.56 Å². The average Bonchev–Trinajstić information content (AvgIpc) is 2.82. The van der Waals surface area contributed by atoms with Crippen LogP contribution in [0, 0.1) is 0 Å². The first-order chi connectivity index (χ1) is 16.3. The molecule has 0 radical (unpaired) electrons. The number of benzene rings is 1. The SMILES string of the molecule is C[N+](C)(C)CCCNC1C=Cc2c(O)n(CCCCSc3cccc[nH+]3)c(=O)c3cccc1c23. The van der Waals surface area contributed by atoms with E-state index in [2.05, 4.69) is 49.7 Å². The molecule has 1 unspecified atom stereocenters. The Morgan fingerprint density at radius 1 is 1.12 bits per heavy atom. The maximum atomic E-state index is 13.3. The quantitative estimate of drug-likeness (QED) is 0.249. The highest BCUT2D eigenvalue weighted by atomic mass is 32.2. The third kappa shape index (κ3) is 5.71. The minimum absolute atomic E-state index is 0.0464. The van der Waals surface area contributed by atoms with Crippen molar-refractivity contribution < 1.29 is 14.6 Å². The fourth-order valence-electron chi connectivity index (χ4n) is 4.48. The maximum Gasteiger partial charge on any atom is 0.261 e. The number of rotatable bonds is 11. The van der Waals surface area contributed by atoms with Gasteiger partial charge < -0.3 is 14.9 Å². The van der Waals surface area contributed by atoms with E-state index in [1.807, 2.05) is 36.5 Å². The van der Waals surface area contributed by atoms with Crippen LogP contribution in [0.5, 0.6) is 5.88 Å². The molecule has 1 aromatic carbocycles. The number of nitrogens with one attached hydrogen (secondary N) is 2. The third-order valence-electron chi connectivity index (χ3n) is 6.21. The Balaban J connectivity index is 1.46. The molecule has 180 valence electrons. The van der Waals surface area contributed by atoms with Crippen molar-refractivity contribution in [3.8, 4) is 5.88 Å². The van der Waals surface area contributed by atoms with Crippen molar-refractivity contribution in [1.29, 1.82) is 0 Å². The second kappa shape index (κ2) is 10.8. The number of H-pyrrole nitrogens is 1. The summed E-state index contributed by atoms with van der Waals surface area (Å²) in [7, 11) is 6.60. The van der Waals surface area contributed by atoms with Crippen LogP contribution in [-0.4, -0.2) is 54.1 Å². The van der Waals surface area contributed by atoms with Gasteiger partial charge in [0.1, 0.15) is 0 Å². The first-order valence-corrected chi connectivity index (χ1v) is 13.0. The predicted octanol–water partition coefficient (Wildman–Crippen LogP) is 3.85. The van der Waals surface area contributed by atoms with Gasteiger partial charge in [-0.05, 0) is 30.5 Å². The number of hydrogen-bond donors (Lipinski definition) is 2. The minimum Gasteiger partial charge on any atom is -0.494 e. The van der Waals surface area contributed by atoms with Crippen molar-refractivity contribution >= 4 is 28.6 Å². The molecule has 7 heteroatoms. The van der Waals surface area contributed by atoms with Crippen LogP contribution in [0.1, 0.15) is 36.4 Å². The zero-order valence-electron chi connectivity index (χ0n) is 20.4. The fourth-order valence-corrected chi connectivity index (χ4v) is 5.37. The van der Waals surface area contributed by atoms with Crippen molar-refractivity contribution in [2.45, 2.75) is 36.9 Å². The van der Waals surface area contributed by atoms with Crippen LogP contribution < -0.4 is 15.9 Å². The molecule has 0 aliphatic heterocycles. The molecule has 0 spiro atoms. The highest BCUT2D eigenvalue weighted by Crippen LogP contribution is 2.36. The van der Waals surface area contributed by atoms with E-state index in [9.17, 15) is 9.90 Å². The monoisotopic (exact) mass is 480 g/mol. The number of unbranched alkanes of at least 4 members (excludes halogenated alkanes) is 1. The van der Waals surface area contributed by atoms with Crippen molar-refractivity contribution in [2.75, 3.05) is 40.0 Å². The number of aromatic hydroxyl groups is 1. The molecule has 6 nitrogen and oxygen atoms in total. The van der Waals surface area contributed by atoms with Crippen LogP contribution in [0.15, 0.2) is 58.5 Å². The lowest BCUT2D eigenvalue weighted by Crippen LogP contribution is -2.37. The van der Waals surface area contributed by atoms with Gasteiger partial charge in [0, 0.05) is 53.7 Å². The van der Waals surface area contributed by atoms with Crippen LogP contribution in [0.25, 0.3) is 16.8 Å². The highest BCUT2D eigenvalue weighted by molar-refractivity contribution is 7.99. The number of hydrogen-bond acceptors (Lipinski definition) is 4. The first-order valence-electron chi connectivity index (χ1n) is 12.0. The summed E-state index contributed by atoms with van der Waals surface area (Å²) in [4.78, 5) is 16.5. The Morgan fingerprint density at radius 2 is 1.97 bits per heavy atom. The molecule has 0 saturated heterocycles. The van der Waals surface area contributed by atoms with Crippen LogP contribution in [0.3, 0.4) is 0 Å². The summed E-state index contributed by atoms with van der Waals surface area (Å²) in [5.41, 5.74) is 1.71. The molecule has 0 saturated carbocycles. The van der Waals surface area contributed by atoms with Gasteiger partial charge in [0.2, 0.25) is 10.9 Å². The number of pyridine rings is 2. The first kappa shape index (κ1) is 24.5. The van der Waals surface area contributed by atoms with E-state index >= 15 is 0 Å². The third-order valence-corrected chi connectivity index (χ3v) is 7.27. The number of nitrogens with zero attached hydrogens (tertiary/aromatic N) is 2. The Morgan fingerprint density at radius 3 is 2.74 bits per heavy atom. The average molecular weight is 481 g/mol. The molecule has 0 bridgehead atoms. The van der Waals surface area contributed by atoms with Gasteiger partial charge in [-0.3, -0.25) is 9.36 Å². The number of aromatic amines is 1. The second-order valence-corrected chi connectivity index (χ2v) is 11.0. The van der Waals surface area contributed by atoms with Gasteiger partial charge in [-0.25, -0.2) is 4.98 Å². The van der Waals surface area contributed by atoms with E-state index in [1.54, 1.807) is 16.3 Å². The van der Waals surface area contributed by atoms with Crippen molar-refractivity contribution in [2.24, 2.45) is 0 Å². The lowest BCUT2D eigenvalue weighted by molar-refractivity contribution is -0.870. The Kier molecular flexibility index (Phi) is 7.76. The van der Waals surface area contributed by atoms with Gasteiger partial charge in [0.15, 0.2) is 6.20 Å². The van der Waals surface area contributed by atoms with Gasteiger partial charge in [0.05, 0.1) is 33.7 Å². The summed E-state index contributed by atoms with van der Waals surface area (Å²) in [5.74, 6) is 1.04. The predicted molar refractivity (Wildman–Crippen MR) is 140 cm³/mol. The van der Waals surface area contributed by atoms with Crippen LogP contribution in [0.4, 0.5) is 0 Å². The van der Waals surface area contributed by atoms with Crippen molar-refractivity contribution in [3.05, 3.63) is 70.2 Å². The fraction of sp³-hybridized carbons (Fsp3) is 0.407. The minimum atomic E-state index is -0.110. The molecule has 1 atom stereocenters. The standard InChI is InChI=1S/C27H34N4O2S/c1-31(2,3)18-9-16-28-23-14-13-22-25-20(23)10-8-11-21(25)26(32)30(27(22)33)17-6-7-19-34-24-12-4-5-15-29-24/h4-5,8,10-15,23,28H,6-7,9,16-19H2,1-3H3/p+2. The van der Waals surface area contributed by atoms with E-state index in [0.29, 0.717) is 11.9 Å². The zero-order chi connectivity index (χ0) is 24.1. The molecular formula is C27H36N4O2S+2. The molecule has 3 aromatic rings. The topological polar surface area (TPSA) is 68.4 Å². The second-order valence-electron chi connectivity index (χ2n) is 9.90. The molecule has 0 fully saturated rings. The van der Waals surface area contributed by atoms with E-state index in [1.165, 1.54) is 0 Å². The van der Waals surface area contributed by atoms with Crippen LogP contribution >= 0.6 is 11.8 Å². The summed E-state index contributed by atoms with van der Waals surface area (Å²) < 4.78 is 2.48. The van der Waals surface area contributed by atoms with Gasteiger partial charge in [-0.15, -0.1) is 0 Å². The molecule has 2 heterocycles. The molecule has 1 aliphatic rings. The van der Waals surface area contributed by atoms with Crippen molar-refractivity contribution in [1.82, 2.24) is 9.88 Å². The normalized spacial score (nSPS) is 15.2. The molecule has 2 aromatic heterocycles. The number of quaternary nitrogens is 1. The van der Waals surface area contributed by atoms with E-state index in [4.69, 9.17) is 0 Å². The van der Waals surface area contributed by atoms with Gasteiger partial charge >= 0.3 is 0 Å². The molecular weight excluding hydrogens is 444 g/mol. The van der Waals surface area contributed by atoms with Crippen molar-refractivity contribution in [3.63, 3.8) is 0 Å². The van der Waals surface area contributed by atoms with E-state index < -0.39 is 0 Å². The molecule has 4 rings (SSSR count).